The molecule has 0 aliphatic rings. The summed E-state index contributed by atoms with van der Waals surface area (Å²) >= 11 is 16.0. The normalized spacial score (nSPS) is 12.8. The molecule has 0 N–H and O–H groups in total. The molecule has 1 heterocycles. The van der Waals surface area contributed by atoms with Gasteiger partial charge in [0, 0.05) is 10.2 Å². The molecule has 0 radical (unpaired) electrons. The van der Waals surface area contributed by atoms with Crippen LogP contribution in [0.25, 0.3) is 16.7 Å². The van der Waals surface area contributed by atoms with Crippen LogP contribution in [0.2, 0.25) is 5.02 Å². The third-order valence-electron chi connectivity index (χ3n) is 3.35. The fourth-order valence-corrected chi connectivity index (χ4v) is 2.94. The molecule has 0 spiro atoms. The summed E-state index contributed by atoms with van der Waals surface area (Å²) in [4.78, 5) is 4.68. The van der Waals surface area contributed by atoms with Crippen molar-refractivity contribution in [2.24, 2.45) is 0 Å². The van der Waals surface area contributed by atoms with Crippen LogP contribution in [0.15, 0.2) is 40.9 Å². The molecule has 0 saturated heterocycles. The van der Waals surface area contributed by atoms with Crippen molar-refractivity contribution in [1.29, 1.82) is 0 Å². The SMILES string of the molecule is Cc1ccc2c(c1)nc(C(C)Cl)n2-c1ccc(Br)c(Cl)c1. The van der Waals surface area contributed by atoms with Gasteiger partial charge in [-0.05, 0) is 65.7 Å². The number of hydrogen-bond donors (Lipinski definition) is 0. The van der Waals surface area contributed by atoms with Crippen molar-refractivity contribution in [1.82, 2.24) is 9.55 Å². The van der Waals surface area contributed by atoms with E-state index in [0.717, 1.165) is 27.0 Å². The van der Waals surface area contributed by atoms with Gasteiger partial charge >= 0.3 is 0 Å². The summed E-state index contributed by atoms with van der Waals surface area (Å²) in [6.07, 6.45) is 0. The highest BCUT2D eigenvalue weighted by Gasteiger charge is 2.17. The molecular weight excluding hydrogens is 371 g/mol. The zero-order chi connectivity index (χ0) is 15.1. The predicted octanol–water partition coefficient (Wildman–Crippen LogP) is 6.05. The first-order valence-electron chi connectivity index (χ1n) is 6.56. The number of benzene rings is 2. The molecule has 0 amide bonds. The Labute approximate surface area is 141 Å². The second-order valence-electron chi connectivity index (χ2n) is 5.01. The molecule has 3 aromatic rings. The van der Waals surface area contributed by atoms with Gasteiger partial charge in [0.2, 0.25) is 0 Å². The minimum atomic E-state index is -0.194. The number of hydrogen-bond acceptors (Lipinski definition) is 1. The van der Waals surface area contributed by atoms with Crippen LogP contribution in [0.4, 0.5) is 0 Å². The first-order chi connectivity index (χ1) is 9.97. The second kappa shape index (κ2) is 5.64. The summed E-state index contributed by atoms with van der Waals surface area (Å²) in [5, 5.41) is 0.467. The summed E-state index contributed by atoms with van der Waals surface area (Å²) < 4.78 is 2.93. The molecule has 2 aromatic carbocycles. The van der Waals surface area contributed by atoms with E-state index in [4.69, 9.17) is 23.2 Å². The first kappa shape index (κ1) is 14.9. The van der Waals surface area contributed by atoms with Gasteiger partial charge in [0.25, 0.3) is 0 Å². The molecule has 1 atom stereocenters. The number of rotatable bonds is 2. The molecule has 0 aliphatic carbocycles. The number of aryl methyl sites for hydroxylation is 1. The number of alkyl halides is 1. The Hall–Kier alpha value is -1.03. The van der Waals surface area contributed by atoms with E-state index < -0.39 is 0 Å². The lowest BCUT2D eigenvalue weighted by molar-refractivity contribution is 0.882. The maximum absolute atomic E-state index is 6.31. The average molecular weight is 384 g/mol. The van der Waals surface area contributed by atoms with Crippen LogP contribution in [0.1, 0.15) is 23.7 Å². The molecule has 0 aliphatic heterocycles. The largest absolute Gasteiger partial charge is 0.295 e. The van der Waals surface area contributed by atoms with Crippen molar-refractivity contribution >= 4 is 50.2 Å². The van der Waals surface area contributed by atoms with Crippen LogP contribution in [0.5, 0.6) is 0 Å². The van der Waals surface area contributed by atoms with Crippen LogP contribution in [-0.2, 0) is 0 Å². The summed E-state index contributed by atoms with van der Waals surface area (Å²) in [5.74, 6) is 0.815. The fourth-order valence-electron chi connectivity index (χ4n) is 2.37. The van der Waals surface area contributed by atoms with E-state index in [2.05, 4.69) is 50.6 Å². The van der Waals surface area contributed by atoms with Gasteiger partial charge in [-0.25, -0.2) is 4.98 Å². The van der Waals surface area contributed by atoms with Crippen LogP contribution < -0.4 is 0 Å². The Morgan fingerprint density at radius 3 is 2.62 bits per heavy atom. The molecule has 1 unspecified atom stereocenters. The molecule has 21 heavy (non-hydrogen) atoms. The lowest BCUT2D eigenvalue weighted by Gasteiger charge is -2.11. The van der Waals surface area contributed by atoms with E-state index in [9.17, 15) is 0 Å². The standard InChI is InChI=1S/C16H13BrCl2N2/c1-9-3-6-15-14(7-9)20-16(10(2)18)21(15)11-4-5-12(17)13(19)8-11/h3-8,10H,1-2H3. The molecule has 1 aromatic heterocycles. The van der Waals surface area contributed by atoms with Crippen molar-refractivity contribution in [2.45, 2.75) is 19.2 Å². The maximum atomic E-state index is 6.31. The van der Waals surface area contributed by atoms with E-state index in [1.54, 1.807) is 0 Å². The average Bonchev–Trinajstić information content (AvgIpc) is 2.80. The highest BCUT2D eigenvalue weighted by atomic mass is 79.9. The van der Waals surface area contributed by atoms with Crippen molar-refractivity contribution in [3.63, 3.8) is 0 Å². The Morgan fingerprint density at radius 1 is 1.19 bits per heavy atom. The Bertz CT molecular complexity index is 825. The van der Waals surface area contributed by atoms with Crippen LogP contribution in [-0.4, -0.2) is 9.55 Å². The third-order valence-corrected chi connectivity index (χ3v) is 4.78. The third kappa shape index (κ3) is 2.70. The van der Waals surface area contributed by atoms with Crippen molar-refractivity contribution in [2.75, 3.05) is 0 Å². The van der Waals surface area contributed by atoms with Crippen LogP contribution >= 0.6 is 39.1 Å². The molecule has 0 fully saturated rings. The van der Waals surface area contributed by atoms with E-state index >= 15 is 0 Å². The minimum absolute atomic E-state index is 0.194. The summed E-state index contributed by atoms with van der Waals surface area (Å²) in [6.45, 7) is 3.98. The van der Waals surface area contributed by atoms with E-state index in [0.29, 0.717) is 5.02 Å². The van der Waals surface area contributed by atoms with Crippen LogP contribution in [0.3, 0.4) is 0 Å². The van der Waals surface area contributed by atoms with Gasteiger partial charge in [0.05, 0.1) is 21.4 Å². The maximum Gasteiger partial charge on any atom is 0.132 e. The molecule has 108 valence electrons. The summed E-state index contributed by atoms with van der Waals surface area (Å²) in [7, 11) is 0. The molecule has 0 saturated carbocycles. The van der Waals surface area contributed by atoms with Crippen molar-refractivity contribution in [3.05, 3.63) is 57.3 Å². The Balaban J connectivity index is 2.33. The van der Waals surface area contributed by atoms with Gasteiger partial charge in [-0.1, -0.05) is 17.7 Å². The topological polar surface area (TPSA) is 17.8 Å². The van der Waals surface area contributed by atoms with Gasteiger partial charge in [-0.15, -0.1) is 11.6 Å². The van der Waals surface area contributed by atoms with Gasteiger partial charge in [0.15, 0.2) is 0 Å². The molecule has 0 bridgehead atoms. The quantitative estimate of drug-likeness (QED) is 0.492. The number of imidazole rings is 1. The smallest absolute Gasteiger partial charge is 0.132 e. The molecule has 2 nitrogen and oxygen atoms in total. The zero-order valence-electron chi connectivity index (χ0n) is 11.6. The second-order valence-corrected chi connectivity index (χ2v) is 6.93. The lowest BCUT2D eigenvalue weighted by Crippen LogP contribution is -2.01. The highest BCUT2D eigenvalue weighted by molar-refractivity contribution is 9.10. The number of nitrogens with zero attached hydrogens (tertiary/aromatic N) is 2. The lowest BCUT2D eigenvalue weighted by atomic mass is 10.2. The summed E-state index contributed by atoms with van der Waals surface area (Å²) in [6, 6.07) is 12.0. The first-order valence-corrected chi connectivity index (χ1v) is 8.16. The number of aromatic nitrogens is 2. The van der Waals surface area contributed by atoms with Crippen LogP contribution in [0, 0.1) is 6.92 Å². The van der Waals surface area contributed by atoms with E-state index in [1.165, 1.54) is 5.56 Å². The predicted molar refractivity (Wildman–Crippen MR) is 92.8 cm³/mol. The molecule has 5 heteroatoms. The van der Waals surface area contributed by atoms with Crippen molar-refractivity contribution in [3.8, 4) is 5.69 Å². The number of fused-ring (bicyclic) bond motifs is 1. The molecular formula is C16H13BrCl2N2. The van der Waals surface area contributed by atoms with Crippen molar-refractivity contribution < 1.29 is 0 Å². The molecule has 3 rings (SSSR count). The van der Waals surface area contributed by atoms with Gasteiger partial charge in [-0.3, -0.25) is 4.57 Å². The van der Waals surface area contributed by atoms with Gasteiger partial charge in [-0.2, -0.15) is 0 Å². The van der Waals surface area contributed by atoms with E-state index in [-0.39, 0.29) is 5.38 Å². The highest BCUT2D eigenvalue weighted by Crippen LogP contribution is 2.31. The van der Waals surface area contributed by atoms with E-state index in [1.807, 2.05) is 25.1 Å². The zero-order valence-corrected chi connectivity index (χ0v) is 14.7. The minimum Gasteiger partial charge on any atom is -0.295 e. The van der Waals surface area contributed by atoms with Gasteiger partial charge in [0.1, 0.15) is 5.82 Å². The van der Waals surface area contributed by atoms with Gasteiger partial charge < -0.3 is 0 Å². The summed E-state index contributed by atoms with van der Waals surface area (Å²) in [5.41, 5.74) is 4.10. The Kier molecular flexibility index (Phi) is 4.00. The monoisotopic (exact) mass is 382 g/mol. The Morgan fingerprint density at radius 2 is 1.95 bits per heavy atom. The number of halogens is 3. The fraction of sp³-hybridized carbons (Fsp3) is 0.188.